The van der Waals surface area contributed by atoms with E-state index >= 15 is 0 Å². The van der Waals surface area contributed by atoms with Crippen LogP contribution >= 0.6 is 0 Å². The van der Waals surface area contributed by atoms with Crippen LogP contribution in [0.4, 0.5) is 0 Å². The van der Waals surface area contributed by atoms with E-state index in [0.717, 1.165) is 13.0 Å². The topological polar surface area (TPSA) is 35.2 Å². The number of nitrogens with two attached hydrogens (primary N) is 1. The summed E-state index contributed by atoms with van der Waals surface area (Å²) in [4.78, 5) is 0. The van der Waals surface area contributed by atoms with Crippen molar-refractivity contribution in [1.82, 2.24) is 0 Å². The molecule has 2 heteroatoms. The molecule has 2 N–H and O–H groups in total. The molecule has 0 aromatic rings. The maximum atomic E-state index is 5.94. The molecule has 0 aromatic carbocycles. The van der Waals surface area contributed by atoms with Crippen LogP contribution in [-0.4, -0.2) is 19.3 Å². The zero-order chi connectivity index (χ0) is 10.5. The molecular formula is C11H25NO. The minimum atomic E-state index is 0.139. The summed E-state index contributed by atoms with van der Waals surface area (Å²) in [6.45, 7) is 12.3. The Morgan fingerprint density at radius 2 is 1.77 bits per heavy atom. The van der Waals surface area contributed by atoms with Crippen molar-refractivity contribution in [3.05, 3.63) is 0 Å². The fraction of sp³-hybridized carbons (Fsp3) is 1.00. The normalized spacial score (nSPS) is 15.0. The molecule has 0 radical (unpaired) electrons. The highest BCUT2D eigenvalue weighted by molar-refractivity contribution is 4.76. The van der Waals surface area contributed by atoms with Gasteiger partial charge in [0.25, 0.3) is 0 Å². The first-order valence-electron chi connectivity index (χ1n) is 5.17. The third-order valence-electron chi connectivity index (χ3n) is 2.25. The first-order valence-corrected chi connectivity index (χ1v) is 5.17. The van der Waals surface area contributed by atoms with Crippen LogP contribution in [0.15, 0.2) is 0 Å². The van der Waals surface area contributed by atoms with Crippen LogP contribution in [0, 0.1) is 11.3 Å². The SMILES string of the molecule is CC(C)CCOCC(N)C(C)(C)C. The monoisotopic (exact) mass is 187 g/mol. The largest absolute Gasteiger partial charge is 0.380 e. The Morgan fingerprint density at radius 1 is 1.23 bits per heavy atom. The van der Waals surface area contributed by atoms with Crippen molar-refractivity contribution in [1.29, 1.82) is 0 Å². The number of ether oxygens (including phenoxy) is 1. The summed E-state index contributed by atoms with van der Waals surface area (Å²) in [6.07, 6.45) is 1.12. The van der Waals surface area contributed by atoms with E-state index in [1.807, 2.05) is 0 Å². The summed E-state index contributed by atoms with van der Waals surface area (Å²) < 4.78 is 5.51. The van der Waals surface area contributed by atoms with Crippen molar-refractivity contribution in [2.24, 2.45) is 17.1 Å². The number of hydrogen-bond donors (Lipinski definition) is 1. The highest BCUT2D eigenvalue weighted by Gasteiger charge is 2.20. The molecule has 0 aliphatic heterocycles. The van der Waals surface area contributed by atoms with E-state index in [2.05, 4.69) is 34.6 Å². The lowest BCUT2D eigenvalue weighted by atomic mass is 9.88. The van der Waals surface area contributed by atoms with Crippen LogP contribution in [0.1, 0.15) is 41.0 Å². The van der Waals surface area contributed by atoms with Gasteiger partial charge in [0.05, 0.1) is 6.61 Å². The molecule has 1 unspecified atom stereocenters. The van der Waals surface area contributed by atoms with Crippen LogP contribution < -0.4 is 5.73 Å². The maximum absolute atomic E-state index is 5.94. The Labute approximate surface area is 82.8 Å². The molecule has 0 rings (SSSR count). The Balaban J connectivity index is 3.43. The highest BCUT2D eigenvalue weighted by Crippen LogP contribution is 2.17. The fourth-order valence-electron chi connectivity index (χ4n) is 0.779. The molecule has 0 saturated heterocycles. The third-order valence-corrected chi connectivity index (χ3v) is 2.25. The van der Waals surface area contributed by atoms with Crippen molar-refractivity contribution in [2.45, 2.75) is 47.1 Å². The van der Waals surface area contributed by atoms with Crippen molar-refractivity contribution in [3.8, 4) is 0 Å². The van der Waals surface area contributed by atoms with Crippen LogP contribution in [-0.2, 0) is 4.74 Å². The molecule has 80 valence electrons. The lowest BCUT2D eigenvalue weighted by Crippen LogP contribution is -2.39. The van der Waals surface area contributed by atoms with E-state index in [4.69, 9.17) is 10.5 Å². The standard InChI is InChI=1S/C11H25NO/c1-9(2)6-7-13-8-10(12)11(3,4)5/h9-10H,6-8,12H2,1-5H3. The molecule has 0 saturated carbocycles. The average Bonchev–Trinajstić information content (AvgIpc) is 1.95. The number of rotatable bonds is 5. The molecule has 0 aromatic heterocycles. The van der Waals surface area contributed by atoms with Gasteiger partial charge in [0.2, 0.25) is 0 Å². The van der Waals surface area contributed by atoms with Crippen LogP contribution in [0.25, 0.3) is 0 Å². The van der Waals surface area contributed by atoms with E-state index in [-0.39, 0.29) is 11.5 Å². The minimum Gasteiger partial charge on any atom is -0.380 e. The Bertz CT molecular complexity index is 127. The van der Waals surface area contributed by atoms with Gasteiger partial charge in [-0.2, -0.15) is 0 Å². The van der Waals surface area contributed by atoms with Crippen molar-refractivity contribution in [3.63, 3.8) is 0 Å². The smallest absolute Gasteiger partial charge is 0.0622 e. The van der Waals surface area contributed by atoms with Gasteiger partial charge < -0.3 is 10.5 Å². The average molecular weight is 187 g/mol. The van der Waals surface area contributed by atoms with Crippen molar-refractivity contribution in [2.75, 3.05) is 13.2 Å². The quantitative estimate of drug-likeness (QED) is 0.671. The Morgan fingerprint density at radius 3 is 2.15 bits per heavy atom. The van der Waals surface area contributed by atoms with Gasteiger partial charge in [0, 0.05) is 12.6 Å². The van der Waals surface area contributed by atoms with Crippen LogP contribution in [0.2, 0.25) is 0 Å². The zero-order valence-corrected chi connectivity index (χ0v) is 9.76. The van der Waals surface area contributed by atoms with Gasteiger partial charge in [-0.3, -0.25) is 0 Å². The van der Waals surface area contributed by atoms with Gasteiger partial charge in [-0.05, 0) is 17.8 Å². The summed E-state index contributed by atoms with van der Waals surface area (Å²) in [5, 5.41) is 0. The minimum absolute atomic E-state index is 0.139. The molecule has 0 fully saturated rings. The molecule has 0 aliphatic rings. The molecular weight excluding hydrogens is 162 g/mol. The van der Waals surface area contributed by atoms with Gasteiger partial charge in [0.15, 0.2) is 0 Å². The first-order chi connectivity index (χ1) is 5.84. The zero-order valence-electron chi connectivity index (χ0n) is 9.76. The molecule has 0 spiro atoms. The van der Waals surface area contributed by atoms with Gasteiger partial charge in [-0.15, -0.1) is 0 Å². The summed E-state index contributed by atoms with van der Waals surface area (Å²) in [5.74, 6) is 0.714. The molecule has 1 atom stereocenters. The molecule has 0 amide bonds. The van der Waals surface area contributed by atoms with E-state index < -0.39 is 0 Å². The van der Waals surface area contributed by atoms with Crippen molar-refractivity contribution < 1.29 is 4.74 Å². The summed E-state index contributed by atoms with van der Waals surface area (Å²) >= 11 is 0. The predicted molar refractivity (Wildman–Crippen MR) is 57.7 cm³/mol. The summed E-state index contributed by atoms with van der Waals surface area (Å²) in [6, 6.07) is 0.139. The Kier molecular flexibility index (Phi) is 5.57. The first kappa shape index (κ1) is 12.9. The van der Waals surface area contributed by atoms with E-state index in [0.29, 0.717) is 12.5 Å². The second kappa shape index (κ2) is 5.61. The van der Waals surface area contributed by atoms with E-state index in [9.17, 15) is 0 Å². The van der Waals surface area contributed by atoms with E-state index in [1.165, 1.54) is 0 Å². The van der Waals surface area contributed by atoms with Gasteiger partial charge in [-0.1, -0.05) is 34.6 Å². The lowest BCUT2D eigenvalue weighted by Gasteiger charge is -2.26. The van der Waals surface area contributed by atoms with E-state index in [1.54, 1.807) is 0 Å². The van der Waals surface area contributed by atoms with Crippen LogP contribution in [0.5, 0.6) is 0 Å². The highest BCUT2D eigenvalue weighted by atomic mass is 16.5. The van der Waals surface area contributed by atoms with Gasteiger partial charge in [-0.25, -0.2) is 0 Å². The molecule has 2 nitrogen and oxygen atoms in total. The van der Waals surface area contributed by atoms with Gasteiger partial charge >= 0.3 is 0 Å². The third kappa shape index (κ3) is 7.03. The number of hydrogen-bond acceptors (Lipinski definition) is 2. The molecule has 0 heterocycles. The summed E-state index contributed by atoms with van der Waals surface area (Å²) in [5.41, 5.74) is 6.09. The second-order valence-electron chi connectivity index (χ2n) is 5.23. The second-order valence-corrected chi connectivity index (χ2v) is 5.23. The molecule has 0 aliphatic carbocycles. The predicted octanol–water partition coefficient (Wildman–Crippen LogP) is 2.42. The van der Waals surface area contributed by atoms with Gasteiger partial charge in [0.1, 0.15) is 0 Å². The maximum Gasteiger partial charge on any atom is 0.0622 e. The molecule has 13 heavy (non-hydrogen) atoms. The lowest BCUT2D eigenvalue weighted by molar-refractivity contribution is 0.0832. The molecule has 0 bridgehead atoms. The van der Waals surface area contributed by atoms with Crippen molar-refractivity contribution >= 4 is 0 Å². The van der Waals surface area contributed by atoms with Crippen LogP contribution in [0.3, 0.4) is 0 Å². The fourth-order valence-corrected chi connectivity index (χ4v) is 0.779. The summed E-state index contributed by atoms with van der Waals surface area (Å²) in [7, 11) is 0. The Hall–Kier alpha value is -0.0800.